The fourth-order valence-corrected chi connectivity index (χ4v) is 2.91. The van der Waals surface area contributed by atoms with Gasteiger partial charge in [-0.1, -0.05) is 11.6 Å². The van der Waals surface area contributed by atoms with E-state index < -0.39 is 0 Å². The van der Waals surface area contributed by atoms with Crippen molar-refractivity contribution in [3.63, 3.8) is 0 Å². The summed E-state index contributed by atoms with van der Waals surface area (Å²) in [4.78, 5) is 20.7. The molecule has 3 rings (SSSR count). The van der Waals surface area contributed by atoms with Gasteiger partial charge in [-0.3, -0.25) is 9.78 Å². The molecule has 5 nitrogen and oxygen atoms in total. The average Bonchev–Trinajstić information content (AvgIpc) is 2.64. The first-order chi connectivity index (χ1) is 12.9. The molecule has 27 heavy (non-hydrogen) atoms. The van der Waals surface area contributed by atoms with Crippen LogP contribution in [-0.2, 0) is 0 Å². The second kappa shape index (κ2) is 8.18. The van der Waals surface area contributed by atoms with Gasteiger partial charge in [0.25, 0.3) is 5.91 Å². The molecule has 1 amide bonds. The molecule has 0 aliphatic rings. The largest absolute Gasteiger partial charge is 0.383 e. The number of carbonyl (C=O) groups excluding carboxylic acids is 1. The lowest BCUT2D eigenvalue weighted by Gasteiger charge is -2.13. The highest BCUT2D eigenvalue weighted by Crippen LogP contribution is 2.31. The van der Waals surface area contributed by atoms with E-state index in [-0.39, 0.29) is 5.91 Å². The van der Waals surface area contributed by atoms with Crippen molar-refractivity contribution in [3.05, 3.63) is 71.1 Å². The van der Waals surface area contributed by atoms with E-state index in [1.807, 2.05) is 31.2 Å². The summed E-state index contributed by atoms with van der Waals surface area (Å²) in [5, 5.41) is 6.80. The van der Waals surface area contributed by atoms with Gasteiger partial charge < -0.3 is 10.6 Å². The van der Waals surface area contributed by atoms with Crippen molar-refractivity contribution in [1.82, 2.24) is 9.97 Å². The molecular weight excluding hydrogens is 360 g/mol. The van der Waals surface area contributed by atoms with Crippen LogP contribution in [0.15, 0.2) is 55.0 Å². The van der Waals surface area contributed by atoms with Gasteiger partial charge in [-0.15, -0.1) is 0 Å². The molecule has 0 unspecified atom stereocenters. The summed E-state index contributed by atoms with van der Waals surface area (Å²) >= 11 is 6.36. The molecule has 0 aliphatic carbocycles. The first-order valence-electron chi connectivity index (χ1n) is 8.68. The molecule has 138 valence electrons. The molecule has 2 N–H and O–H groups in total. The third kappa shape index (κ3) is 4.63. The van der Waals surface area contributed by atoms with Gasteiger partial charge in [-0.2, -0.15) is 0 Å². The summed E-state index contributed by atoms with van der Waals surface area (Å²) in [7, 11) is 0. The van der Waals surface area contributed by atoms with Crippen LogP contribution in [0, 0.1) is 6.92 Å². The minimum absolute atomic E-state index is 0.234. The number of anilines is 2. The smallest absolute Gasteiger partial charge is 0.258 e. The molecule has 0 fully saturated rings. The predicted octanol–water partition coefficient (Wildman–Crippen LogP) is 5.18. The topological polar surface area (TPSA) is 66.9 Å². The molecule has 0 atom stereocenters. The number of aromatic nitrogens is 2. The Balaban J connectivity index is 1.80. The Kier molecular flexibility index (Phi) is 5.72. The molecule has 2 heterocycles. The van der Waals surface area contributed by atoms with Crippen LogP contribution in [0.5, 0.6) is 0 Å². The number of nitrogens with one attached hydrogen (secondary N) is 2. The zero-order chi connectivity index (χ0) is 19.4. The molecule has 0 saturated heterocycles. The van der Waals surface area contributed by atoms with Gasteiger partial charge in [0, 0.05) is 46.5 Å². The number of nitrogens with zero attached hydrogens (tertiary/aromatic N) is 2. The van der Waals surface area contributed by atoms with Crippen LogP contribution in [0.2, 0.25) is 5.02 Å². The Morgan fingerprint density at radius 2 is 1.93 bits per heavy atom. The highest BCUT2D eigenvalue weighted by molar-refractivity contribution is 6.33. The zero-order valence-corrected chi connectivity index (χ0v) is 16.2. The maximum absolute atomic E-state index is 12.4. The van der Waals surface area contributed by atoms with E-state index in [2.05, 4.69) is 34.4 Å². The number of hydrogen-bond acceptors (Lipinski definition) is 4. The molecular formula is C21H21ClN4O. The van der Waals surface area contributed by atoms with Gasteiger partial charge >= 0.3 is 0 Å². The Bertz CT molecular complexity index is 955. The predicted molar refractivity (Wildman–Crippen MR) is 110 cm³/mol. The third-order valence-electron chi connectivity index (χ3n) is 4.02. The number of aryl methyl sites for hydroxylation is 1. The van der Waals surface area contributed by atoms with Crippen LogP contribution in [0.1, 0.15) is 29.8 Å². The number of amides is 1. The van der Waals surface area contributed by atoms with Crippen LogP contribution >= 0.6 is 11.6 Å². The zero-order valence-electron chi connectivity index (χ0n) is 15.5. The molecule has 2 aromatic heterocycles. The summed E-state index contributed by atoms with van der Waals surface area (Å²) in [5.74, 6) is 0.238. The van der Waals surface area contributed by atoms with Crippen molar-refractivity contribution < 1.29 is 4.79 Å². The molecule has 3 aromatic rings. The highest BCUT2D eigenvalue weighted by atomic mass is 35.5. The Hall–Kier alpha value is -2.92. The molecule has 0 bridgehead atoms. The minimum atomic E-state index is -0.234. The average molecular weight is 381 g/mol. The standard InChI is InChI=1S/C21H21ClN4O/c1-13(2)25-16-5-6-19(22)17(10-16)15-4-7-20(24-11-15)26-21(27)18-12-23-9-8-14(18)3/h4-13,25H,1-3H3,(H,24,26,27). The fraction of sp³-hybridized carbons (Fsp3) is 0.190. The second-order valence-electron chi connectivity index (χ2n) is 6.57. The summed E-state index contributed by atoms with van der Waals surface area (Å²) in [6, 6.07) is 11.6. The lowest BCUT2D eigenvalue weighted by molar-refractivity contribution is 0.102. The van der Waals surface area contributed by atoms with E-state index in [9.17, 15) is 4.79 Å². The number of carbonyl (C=O) groups is 1. The van der Waals surface area contributed by atoms with Crippen LogP contribution in [0.4, 0.5) is 11.5 Å². The third-order valence-corrected chi connectivity index (χ3v) is 4.35. The van der Waals surface area contributed by atoms with Gasteiger partial charge in [0.2, 0.25) is 0 Å². The summed E-state index contributed by atoms with van der Waals surface area (Å²) in [6.07, 6.45) is 4.91. The Morgan fingerprint density at radius 1 is 1.11 bits per heavy atom. The van der Waals surface area contributed by atoms with Crippen molar-refractivity contribution >= 4 is 29.0 Å². The van der Waals surface area contributed by atoms with Gasteiger partial charge in [0.1, 0.15) is 5.82 Å². The molecule has 6 heteroatoms. The lowest BCUT2D eigenvalue weighted by Crippen LogP contribution is -2.14. The first-order valence-corrected chi connectivity index (χ1v) is 9.06. The molecule has 0 spiro atoms. The van der Waals surface area contributed by atoms with Crippen LogP contribution in [0.3, 0.4) is 0 Å². The molecule has 0 radical (unpaired) electrons. The Labute approximate surface area is 163 Å². The Morgan fingerprint density at radius 3 is 2.59 bits per heavy atom. The van der Waals surface area contributed by atoms with Crippen molar-refractivity contribution in [2.24, 2.45) is 0 Å². The van der Waals surface area contributed by atoms with E-state index in [1.165, 1.54) is 0 Å². The summed E-state index contributed by atoms with van der Waals surface area (Å²) < 4.78 is 0. The van der Waals surface area contributed by atoms with E-state index in [0.29, 0.717) is 22.4 Å². The fourth-order valence-electron chi connectivity index (χ4n) is 2.68. The SMILES string of the molecule is Cc1ccncc1C(=O)Nc1ccc(-c2cc(NC(C)C)ccc2Cl)cn1. The van der Waals surface area contributed by atoms with Gasteiger partial charge in [0.05, 0.1) is 5.56 Å². The number of hydrogen-bond donors (Lipinski definition) is 2. The highest BCUT2D eigenvalue weighted by Gasteiger charge is 2.11. The maximum Gasteiger partial charge on any atom is 0.258 e. The summed E-state index contributed by atoms with van der Waals surface area (Å²) in [5.41, 5.74) is 4.15. The van der Waals surface area contributed by atoms with Gasteiger partial charge in [-0.25, -0.2) is 4.98 Å². The van der Waals surface area contributed by atoms with Gasteiger partial charge in [0.15, 0.2) is 0 Å². The first kappa shape index (κ1) is 18.9. The number of halogens is 1. The molecule has 1 aromatic carbocycles. The van der Waals surface area contributed by atoms with Crippen LogP contribution in [0.25, 0.3) is 11.1 Å². The maximum atomic E-state index is 12.4. The van der Waals surface area contributed by atoms with Crippen LogP contribution < -0.4 is 10.6 Å². The number of pyridine rings is 2. The van der Waals surface area contributed by atoms with E-state index in [1.54, 1.807) is 30.7 Å². The molecule has 0 aliphatic heterocycles. The normalized spacial score (nSPS) is 10.7. The monoisotopic (exact) mass is 380 g/mol. The van der Waals surface area contributed by atoms with Crippen molar-refractivity contribution in [3.8, 4) is 11.1 Å². The van der Waals surface area contributed by atoms with E-state index in [4.69, 9.17) is 11.6 Å². The second-order valence-corrected chi connectivity index (χ2v) is 6.98. The number of rotatable bonds is 5. The number of benzene rings is 1. The van der Waals surface area contributed by atoms with Gasteiger partial charge in [-0.05, 0) is 62.7 Å². The quantitative estimate of drug-likeness (QED) is 0.640. The minimum Gasteiger partial charge on any atom is -0.383 e. The van der Waals surface area contributed by atoms with Crippen molar-refractivity contribution in [1.29, 1.82) is 0 Å². The molecule has 0 saturated carbocycles. The lowest BCUT2D eigenvalue weighted by atomic mass is 10.1. The van der Waals surface area contributed by atoms with Crippen LogP contribution in [-0.4, -0.2) is 21.9 Å². The van der Waals surface area contributed by atoms with Crippen molar-refractivity contribution in [2.45, 2.75) is 26.8 Å². The van der Waals surface area contributed by atoms with E-state index >= 15 is 0 Å². The summed E-state index contributed by atoms with van der Waals surface area (Å²) in [6.45, 7) is 6.03. The van der Waals surface area contributed by atoms with E-state index in [0.717, 1.165) is 22.4 Å². The van der Waals surface area contributed by atoms with Crippen molar-refractivity contribution in [2.75, 3.05) is 10.6 Å².